The van der Waals surface area contributed by atoms with Crippen LogP contribution >= 0.6 is 0 Å². The highest BCUT2D eigenvalue weighted by Crippen LogP contribution is 2.25. The van der Waals surface area contributed by atoms with Gasteiger partial charge in [-0.2, -0.15) is 9.13 Å². The Kier molecular flexibility index (Phi) is 26.3. The van der Waals surface area contributed by atoms with Gasteiger partial charge in [0.15, 0.2) is 23.1 Å². The molecule has 0 saturated carbocycles. The number of imide groups is 1. The molecule has 5 atom stereocenters. The number of ether oxygens (including phenoxy) is 8. The number of aromatic amines is 1. The molecular formula is C62H85N9O20. The number of aliphatic hydroxyl groups is 2. The summed E-state index contributed by atoms with van der Waals surface area (Å²) in [5, 5.41) is 23.1. The normalized spacial score (nSPS) is 20.2. The van der Waals surface area contributed by atoms with Crippen LogP contribution in [0.25, 0.3) is 0 Å². The lowest BCUT2D eigenvalue weighted by atomic mass is 10.2. The standard InChI is InChI=1S/C18H20N2O5.C15H16N2O5.C12H20N2O4.C11H16N2O4.C6H13NO2/c1-12-9-19(10-14-11-24-18(2,3)25-14)17(23)20(15(12)21)16(22)13-7-5-4-6-8-13;1-10-7-16(8-12(19)9-18)15(22)17(13(10)20)14(21)11-5-3-2-4-6-11;1-5-8(2)10(15)14-11(16)13-6-9-7-17-12(3,4)18-9;1-7-4-13(10(15)12-9(7)14)5-8-6-16-11(2,3)17-8;1-6(2)8-4-5(3-7)9-6/h4-9,14H,10-11H2,1-3H3;2-7,12,18-19H,8-9H2,1H3;5,9H,6-7H2,1-4H3,(H2,13,14,15,16);4,8H,5-6H2,1-3H3,(H,12,14,15);5H,3-4,7H2,1-2H3/b;;8-5+;;. The van der Waals surface area contributed by atoms with Crippen LogP contribution in [0.4, 0.5) is 4.79 Å². The molecule has 0 bridgehead atoms. The van der Waals surface area contributed by atoms with Gasteiger partial charge in [0, 0.05) is 65.1 Å². The van der Waals surface area contributed by atoms with Crippen molar-refractivity contribution in [3.63, 3.8) is 0 Å². The third-order valence-corrected chi connectivity index (χ3v) is 13.7. The summed E-state index contributed by atoms with van der Waals surface area (Å²) in [5.41, 5.74) is 3.71. The van der Waals surface area contributed by atoms with E-state index in [1.165, 1.54) is 46.8 Å². The van der Waals surface area contributed by atoms with E-state index in [0.717, 1.165) is 4.57 Å². The first-order valence-corrected chi connectivity index (χ1v) is 29.2. The van der Waals surface area contributed by atoms with Crippen molar-refractivity contribution in [2.75, 3.05) is 46.1 Å². The zero-order valence-corrected chi connectivity index (χ0v) is 53.6. The molecule has 29 nitrogen and oxygen atoms in total. The SMILES string of the molecule is C/C=C(\C)C(=O)NC(=O)NCC1COC(C)(C)O1.CC1(C)OCC(CN)O1.Cc1cn(CC(O)CO)c(=O)n(C(=O)c2ccccc2)c1=O.Cc1cn(CC2COC(C)(C)O2)c(=O)[nH]c1=O.Cc1cn(CC2COC(C)(C)O2)c(=O)n(C(=O)c2ccccc2)c1=O. The van der Waals surface area contributed by atoms with Crippen LogP contribution in [0.15, 0.2) is 120 Å². The van der Waals surface area contributed by atoms with E-state index in [1.54, 1.807) is 96.1 Å². The van der Waals surface area contributed by atoms with Crippen LogP contribution in [-0.2, 0) is 62.3 Å². The number of aryl methyl sites for hydroxylation is 3. The molecule has 7 N–H and O–H groups in total. The van der Waals surface area contributed by atoms with Gasteiger partial charge in [-0.3, -0.25) is 52.8 Å². The van der Waals surface area contributed by atoms with Gasteiger partial charge < -0.3 is 59.2 Å². The summed E-state index contributed by atoms with van der Waals surface area (Å²) in [7, 11) is 0. The first-order valence-electron chi connectivity index (χ1n) is 29.2. The van der Waals surface area contributed by atoms with Gasteiger partial charge >= 0.3 is 23.1 Å². The van der Waals surface area contributed by atoms with Gasteiger partial charge in [0.2, 0.25) is 0 Å². The zero-order chi connectivity index (χ0) is 67.8. The molecule has 91 heavy (non-hydrogen) atoms. The number of nitrogens with two attached hydrogens (primary N) is 1. The summed E-state index contributed by atoms with van der Waals surface area (Å²) in [6.07, 6.45) is 4.14. The second-order valence-corrected chi connectivity index (χ2v) is 23.4. The van der Waals surface area contributed by atoms with Gasteiger partial charge in [0.1, 0.15) is 18.3 Å². The number of hydrogen-bond acceptors (Lipinski definition) is 21. The van der Waals surface area contributed by atoms with Crippen LogP contribution in [0.2, 0.25) is 0 Å². The van der Waals surface area contributed by atoms with E-state index >= 15 is 0 Å². The first-order chi connectivity index (χ1) is 42.6. The van der Waals surface area contributed by atoms with Gasteiger partial charge in [-0.15, -0.1) is 0 Å². The number of H-pyrrole nitrogens is 1. The van der Waals surface area contributed by atoms with Gasteiger partial charge in [0.05, 0.1) is 64.9 Å². The Hall–Kier alpha value is -7.94. The van der Waals surface area contributed by atoms with Crippen molar-refractivity contribution in [1.29, 1.82) is 0 Å². The first kappa shape index (κ1) is 73.8. The smallest absolute Gasteiger partial charge is 0.338 e. The lowest BCUT2D eigenvalue weighted by molar-refractivity contribution is -0.140. The molecular weight excluding hydrogens is 1190 g/mol. The van der Waals surface area contributed by atoms with Crippen LogP contribution in [0.5, 0.6) is 0 Å². The number of urea groups is 1. The van der Waals surface area contributed by atoms with Crippen molar-refractivity contribution in [1.82, 2.24) is 38.5 Å². The number of nitrogens with zero attached hydrogens (tertiary/aromatic N) is 5. The van der Waals surface area contributed by atoms with Crippen LogP contribution in [-0.4, -0.2) is 162 Å². The molecule has 9 rings (SSSR count). The second-order valence-electron chi connectivity index (χ2n) is 23.4. The van der Waals surface area contributed by atoms with Crippen LogP contribution in [0, 0.1) is 20.8 Å². The Morgan fingerprint density at radius 1 is 0.615 bits per heavy atom. The van der Waals surface area contributed by atoms with Crippen molar-refractivity contribution in [3.05, 3.63) is 181 Å². The maximum absolute atomic E-state index is 12.7. The number of aliphatic hydroxyl groups excluding tert-OH is 2. The highest BCUT2D eigenvalue weighted by Gasteiger charge is 2.36. The lowest BCUT2D eigenvalue weighted by Crippen LogP contribution is -2.45. The highest BCUT2D eigenvalue weighted by atomic mass is 16.8. The van der Waals surface area contributed by atoms with Gasteiger partial charge in [0.25, 0.3) is 34.4 Å². The minimum atomic E-state index is -1.16. The average Bonchev–Trinajstić information content (AvgIpc) is 1.71. The minimum Gasteiger partial charge on any atom is -0.394 e. The second kappa shape index (κ2) is 32.4. The van der Waals surface area contributed by atoms with Crippen molar-refractivity contribution in [3.8, 4) is 0 Å². The van der Waals surface area contributed by atoms with E-state index in [1.807, 2.05) is 41.5 Å². The van der Waals surface area contributed by atoms with E-state index < -0.39 is 87.8 Å². The molecule has 5 aromatic rings. The molecule has 4 aliphatic rings. The predicted molar refractivity (Wildman–Crippen MR) is 331 cm³/mol. The number of rotatable bonds is 13. The van der Waals surface area contributed by atoms with Crippen LogP contribution in [0.1, 0.15) is 107 Å². The Morgan fingerprint density at radius 3 is 1.41 bits per heavy atom. The van der Waals surface area contributed by atoms with Crippen LogP contribution in [0.3, 0.4) is 0 Å². The number of carbonyl (C=O) groups is 4. The topological polar surface area (TPSA) is 376 Å². The monoisotopic (exact) mass is 1280 g/mol. The van der Waals surface area contributed by atoms with E-state index in [0.29, 0.717) is 71.9 Å². The molecule has 0 radical (unpaired) electrons. The molecule has 5 unspecified atom stereocenters. The Balaban J connectivity index is 0.000000212. The van der Waals surface area contributed by atoms with E-state index in [4.69, 9.17) is 48.7 Å². The molecule has 4 aliphatic heterocycles. The number of carbonyl (C=O) groups excluding carboxylic acids is 4. The fourth-order valence-electron chi connectivity index (χ4n) is 9.02. The van der Waals surface area contributed by atoms with Gasteiger partial charge in [-0.1, -0.05) is 42.5 Å². The van der Waals surface area contributed by atoms with Crippen molar-refractivity contribution in [2.24, 2.45) is 5.73 Å². The molecule has 4 saturated heterocycles. The predicted octanol–water partition coefficient (Wildman–Crippen LogP) is 1.54. The van der Waals surface area contributed by atoms with E-state index in [2.05, 4.69) is 15.6 Å². The summed E-state index contributed by atoms with van der Waals surface area (Å²) in [4.78, 5) is 122. The number of aromatic nitrogens is 6. The summed E-state index contributed by atoms with van der Waals surface area (Å²) in [5.74, 6) is -4.12. The molecule has 7 heterocycles. The summed E-state index contributed by atoms with van der Waals surface area (Å²) < 4.78 is 48.7. The number of hydrogen-bond donors (Lipinski definition) is 6. The zero-order valence-electron chi connectivity index (χ0n) is 53.6. The quantitative estimate of drug-likeness (QED) is 0.0911. The Bertz CT molecular complexity index is 3730. The Labute approximate surface area is 524 Å². The lowest BCUT2D eigenvalue weighted by Gasteiger charge is -2.18. The van der Waals surface area contributed by atoms with Crippen molar-refractivity contribution < 1.29 is 67.3 Å². The summed E-state index contributed by atoms with van der Waals surface area (Å²) in [6.45, 7) is 25.2. The summed E-state index contributed by atoms with van der Waals surface area (Å²) in [6, 6.07) is 15.7. The van der Waals surface area contributed by atoms with Gasteiger partial charge in [-0.05, 0) is 114 Å². The molecule has 0 aliphatic carbocycles. The Morgan fingerprint density at radius 2 is 1.01 bits per heavy atom. The number of allylic oxidation sites excluding steroid dienone is 1. The maximum atomic E-state index is 12.7. The van der Waals surface area contributed by atoms with Crippen molar-refractivity contribution >= 4 is 23.8 Å². The largest absolute Gasteiger partial charge is 0.394 e. The molecule has 0 spiro atoms. The third-order valence-electron chi connectivity index (χ3n) is 13.7. The average molecular weight is 1280 g/mol. The fraction of sp³-hybridized carbons (Fsp3) is 0.516. The molecule has 3 aromatic heterocycles. The van der Waals surface area contributed by atoms with Crippen molar-refractivity contribution in [2.45, 2.75) is 163 Å². The number of benzene rings is 2. The highest BCUT2D eigenvalue weighted by molar-refractivity contribution is 6.03. The van der Waals surface area contributed by atoms with Crippen LogP contribution < -0.4 is 50.1 Å². The molecule has 4 fully saturated rings. The third kappa shape index (κ3) is 21.9. The maximum Gasteiger partial charge on any atom is 0.338 e. The van der Waals surface area contributed by atoms with E-state index in [-0.39, 0.29) is 59.8 Å². The summed E-state index contributed by atoms with van der Waals surface area (Å²) >= 11 is 0. The molecule has 498 valence electrons. The number of nitrogens with one attached hydrogen (secondary N) is 3. The van der Waals surface area contributed by atoms with E-state index in [9.17, 15) is 53.1 Å². The molecule has 29 heteroatoms. The van der Waals surface area contributed by atoms with Gasteiger partial charge in [-0.25, -0.2) is 19.2 Å². The number of amides is 3. The molecule has 3 amide bonds. The molecule has 2 aromatic carbocycles. The minimum absolute atomic E-state index is 0.0972. The fourth-order valence-corrected chi connectivity index (χ4v) is 9.02.